The van der Waals surface area contributed by atoms with E-state index in [0.29, 0.717) is 6.54 Å². The Kier molecular flexibility index (Phi) is 5.67. The molecular formula is C10H19N5O. The molecule has 0 aliphatic carbocycles. The second-order valence-electron chi connectivity index (χ2n) is 3.97. The van der Waals surface area contributed by atoms with Crippen LogP contribution in [-0.4, -0.2) is 43.5 Å². The molecule has 16 heavy (non-hydrogen) atoms. The summed E-state index contributed by atoms with van der Waals surface area (Å²) in [6.45, 7) is 2.30. The number of nitrogens with zero attached hydrogens (tertiary/aromatic N) is 4. The van der Waals surface area contributed by atoms with Gasteiger partial charge >= 0.3 is 0 Å². The van der Waals surface area contributed by atoms with Crippen LogP contribution in [0.4, 0.5) is 0 Å². The monoisotopic (exact) mass is 225 g/mol. The highest BCUT2D eigenvalue weighted by Crippen LogP contribution is 2.17. The zero-order chi connectivity index (χ0) is 11.8. The topological polar surface area (TPSA) is 81.1 Å². The van der Waals surface area contributed by atoms with E-state index in [2.05, 4.69) is 20.2 Å². The van der Waals surface area contributed by atoms with Crippen LogP contribution in [0.25, 0.3) is 10.4 Å². The minimum atomic E-state index is 0.00446. The van der Waals surface area contributed by atoms with Gasteiger partial charge in [0.1, 0.15) is 0 Å². The van der Waals surface area contributed by atoms with Crippen LogP contribution >= 0.6 is 0 Å². The lowest BCUT2D eigenvalue weighted by molar-refractivity contribution is -0.127. The molecule has 0 aromatic rings. The van der Waals surface area contributed by atoms with Crippen LogP contribution < -0.4 is 5.32 Å². The molecule has 1 fully saturated rings. The number of amides is 1. The summed E-state index contributed by atoms with van der Waals surface area (Å²) in [5.74, 6) is 0.100. The van der Waals surface area contributed by atoms with Gasteiger partial charge in [0.2, 0.25) is 5.91 Å². The van der Waals surface area contributed by atoms with Gasteiger partial charge in [-0.15, -0.1) is 0 Å². The molecule has 0 aromatic heterocycles. The van der Waals surface area contributed by atoms with Gasteiger partial charge in [-0.2, -0.15) is 0 Å². The van der Waals surface area contributed by atoms with E-state index in [-0.39, 0.29) is 11.9 Å². The largest absolute Gasteiger partial charge is 0.358 e. The fourth-order valence-electron chi connectivity index (χ4n) is 2.11. The van der Waals surface area contributed by atoms with E-state index in [4.69, 9.17) is 5.53 Å². The molecule has 1 heterocycles. The average Bonchev–Trinajstić information content (AvgIpc) is 2.34. The number of likely N-dealkylation sites (N-methyl/N-ethyl adjacent to an activating group) is 1. The quantitative estimate of drug-likeness (QED) is 0.331. The maximum Gasteiger partial charge on any atom is 0.237 e. The van der Waals surface area contributed by atoms with Crippen LogP contribution in [0, 0.1) is 0 Å². The van der Waals surface area contributed by atoms with Crippen molar-refractivity contribution in [1.29, 1.82) is 0 Å². The Morgan fingerprint density at radius 3 is 3.12 bits per heavy atom. The molecule has 1 rings (SSSR count). The van der Waals surface area contributed by atoms with Crippen LogP contribution in [0.2, 0.25) is 0 Å². The highest BCUT2D eigenvalue weighted by molar-refractivity contribution is 5.81. The van der Waals surface area contributed by atoms with Crippen molar-refractivity contribution in [2.75, 3.05) is 26.7 Å². The molecule has 1 N–H and O–H groups in total. The van der Waals surface area contributed by atoms with Crippen molar-refractivity contribution < 1.29 is 4.79 Å². The number of likely N-dealkylation sites (tertiary alicyclic amines) is 1. The molecular weight excluding hydrogens is 206 g/mol. The number of carbonyl (C=O) groups excluding carboxylic acids is 1. The van der Waals surface area contributed by atoms with Gasteiger partial charge in [0, 0.05) is 18.5 Å². The van der Waals surface area contributed by atoms with E-state index in [1.807, 2.05) is 0 Å². The fourth-order valence-corrected chi connectivity index (χ4v) is 2.11. The van der Waals surface area contributed by atoms with Crippen molar-refractivity contribution in [3.63, 3.8) is 0 Å². The van der Waals surface area contributed by atoms with E-state index in [9.17, 15) is 4.79 Å². The average molecular weight is 225 g/mol. The third-order valence-electron chi connectivity index (χ3n) is 2.93. The molecule has 0 aromatic carbocycles. The molecule has 90 valence electrons. The van der Waals surface area contributed by atoms with Gasteiger partial charge in [0.05, 0.1) is 6.04 Å². The predicted octanol–water partition coefficient (Wildman–Crippen LogP) is 1.29. The molecule has 6 nitrogen and oxygen atoms in total. The summed E-state index contributed by atoms with van der Waals surface area (Å²) in [6.07, 6.45) is 4.01. The first-order valence-electron chi connectivity index (χ1n) is 5.76. The van der Waals surface area contributed by atoms with Gasteiger partial charge in [-0.1, -0.05) is 11.5 Å². The number of carbonyl (C=O) groups is 1. The normalized spacial score (nSPS) is 21.2. The summed E-state index contributed by atoms with van der Waals surface area (Å²) in [6, 6.07) is 0.00446. The fraction of sp³-hybridized carbons (Fsp3) is 0.900. The van der Waals surface area contributed by atoms with Crippen molar-refractivity contribution in [2.24, 2.45) is 5.11 Å². The standard InChI is InChI=1S/C10H19N5O/c1-12-10(16)9-5-2-3-7-15(9)8-4-6-13-14-11/h9H,2-8H2,1H3,(H,12,16). The Morgan fingerprint density at radius 1 is 1.62 bits per heavy atom. The van der Waals surface area contributed by atoms with E-state index >= 15 is 0 Å². The molecule has 0 radical (unpaired) electrons. The highest BCUT2D eigenvalue weighted by atomic mass is 16.2. The lowest BCUT2D eigenvalue weighted by atomic mass is 10.0. The van der Waals surface area contributed by atoms with Crippen LogP contribution in [-0.2, 0) is 4.79 Å². The molecule has 1 saturated heterocycles. The van der Waals surface area contributed by atoms with E-state index in [1.165, 1.54) is 0 Å². The van der Waals surface area contributed by atoms with Gasteiger partial charge < -0.3 is 5.32 Å². The van der Waals surface area contributed by atoms with E-state index < -0.39 is 0 Å². The highest BCUT2D eigenvalue weighted by Gasteiger charge is 2.26. The second kappa shape index (κ2) is 7.09. The van der Waals surface area contributed by atoms with Gasteiger partial charge in [0.25, 0.3) is 0 Å². The van der Waals surface area contributed by atoms with Crippen molar-refractivity contribution in [1.82, 2.24) is 10.2 Å². The van der Waals surface area contributed by atoms with Crippen molar-refractivity contribution >= 4 is 5.91 Å². The van der Waals surface area contributed by atoms with Gasteiger partial charge in [0.15, 0.2) is 0 Å². The Bertz CT molecular complexity index is 274. The molecule has 1 atom stereocenters. The maximum atomic E-state index is 11.6. The van der Waals surface area contributed by atoms with Crippen molar-refractivity contribution in [3.05, 3.63) is 10.4 Å². The number of piperidine rings is 1. The molecule has 0 bridgehead atoms. The van der Waals surface area contributed by atoms with Crippen LogP contribution in [0.5, 0.6) is 0 Å². The SMILES string of the molecule is CNC(=O)C1CCCCN1CCCN=[N+]=[N-]. The molecule has 1 aliphatic rings. The summed E-state index contributed by atoms with van der Waals surface area (Å²) < 4.78 is 0. The summed E-state index contributed by atoms with van der Waals surface area (Å²) in [5.41, 5.74) is 8.16. The Labute approximate surface area is 95.6 Å². The molecule has 1 amide bonds. The summed E-state index contributed by atoms with van der Waals surface area (Å²) in [4.78, 5) is 16.5. The Morgan fingerprint density at radius 2 is 2.44 bits per heavy atom. The lowest BCUT2D eigenvalue weighted by Crippen LogP contribution is -2.49. The van der Waals surface area contributed by atoms with Gasteiger partial charge in [-0.3, -0.25) is 9.69 Å². The number of hydrogen-bond acceptors (Lipinski definition) is 3. The summed E-state index contributed by atoms with van der Waals surface area (Å²) in [5, 5.41) is 6.20. The lowest BCUT2D eigenvalue weighted by Gasteiger charge is -2.34. The number of hydrogen-bond donors (Lipinski definition) is 1. The number of rotatable bonds is 5. The minimum Gasteiger partial charge on any atom is -0.358 e. The first-order chi connectivity index (χ1) is 7.79. The maximum absolute atomic E-state index is 11.6. The molecule has 0 spiro atoms. The third-order valence-corrected chi connectivity index (χ3v) is 2.93. The molecule has 0 saturated carbocycles. The third kappa shape index (κ3) is 3.72. The van der Waals surface area contributed by atoms with Crippen LogP contribution in [0.15, 0.2) is 5.11 Å². The van der Waals surface area contributed by atoms with E-state index in [0.717, 1.165) is 38.8 Å². The van der Waals surface area contributed by atoms with Crippen LogP contribution in [0.3, 0.4) is 0 Å². The number of azide groups is 1. The summed E-state index contributed by atoms with van der Waals surface area (Å²) in [7, 11) is 1.68. The predicted molar refractivity (Wildman–Crippen MR) is 61.9 cm³/mol. The molecule has 6 heteroatoms. The van der Waals surface area contributed by atoms with Crippen LogP contribution in [0.1, 0.15) is 25.7 Å². The Hall–Kier alpha value is -1.26. The van der Waals surface area contributed by atoms with E-state index in [1.54, 1.807) is 7.05 Å². The zero-order valence-electron chi connectivity index (χ0n) is 9.72. The second-order valence-corrected chi connectivity index (χ2v) is 3.97. The first-order valence-corrected chi connectivity index (χ1v) is 5.76. The zero-order valence-corrected chi connectivity index (χ0v) is 9.72. The van der Waals surface area contributed by atoms with Crippen molar-refractivity contribution in [2.45, 2.75) is 31.7 Å². The molecule has 1 unspecified atom stereocenters. The van der Waals surface area contributed by atoms with Gasteiger partial charge in [-0.05, 0) is 37.9 Å². The Balaban J connectivity index is 2.40. The molecule has 1 aliphatic heterocycles. The smallest absolute Gasteiger partial charge is 0.237 e. The first kappa shape index (κ1) is 12.8. The minimum absolute atomic E-state index is 0.00446. The van der Waals surface area contributed by atoms with Crippen molar-refractivity contribution in [3.8, 4) is 0 Å². The van der Waals surface area contributed by atoms with Gasteiger partial charge in [-0.25, -0.2) is 0 Å². The number of nitrogens with one attached hydrogen (secondary N) is 1. The summed E-state index contributed by atoms with van der Waals surface area (Å²) >= 11 is 0.